The Balaban J connectivity index is 1.45. The van der Waals surface area contributed by atoms with E-state index in [0.717, 1.165) is 11.3 Å². The highest BCUT2D eigenvalue weighted by molar-refractivity contribution is 6.35. The van der Waals surface area contributed by atoms with Crippen molar-refractivity contribution in [2.45, 2.75) is 18.9 Å². The smallest absolute Gasteiger partial charge is 0.220 e. The van der Waals surface area contributed by atoms with Crippen molar-refractivity contribution in [2.75, 3.05) is 13.2 Å². The van der Waals surface area contributed by atoms with Gasteiger partial charge in [-0.3, -0.25) is 4.79 Å². The second kappa shape index (κ2) is 7.77. The van der Waals surface area contributed by atoms with Crippen LogP contribution < -0.4 is 14.8 Å². The first-order valence-electron chi connectivity index (χ1n) is 7.71. The maximum absolute atomic E-state index is 12.0. The van der Waals surface area contributed by atoms with Crippen molar-refractivity contribution >= 4 is 29.1 Å². The summed E-state index contributed by atoms with van der Waals surface area (Å²) in [5.74, 6) is 1.39. The molecule has 1 N–H and O–H groups in total. The van der Waals surface area contributed by atoms with Gasteiger partial charge in [-0.15, -0.1) is 0 Å². The standard InChI is InChI=1S/C18H17Cl2NO3/c19-13-7-5-12(15(20)9-13)6-8-18(22)21-10-14-11-23-16-3-1-2-4-17(16)24-14/h1-5,7,9,14H,6,8,10-11H2,(H,21,22). The van der Waals surface area contributed by atoms with Gasteiger partial charge in [-0.25, -0.2) is 0 Å². The number of hydrogen-bond acceptors (Lipinski definition) is 3. The summed E-state index contributed by atoms with van der Waals surface area (Å²) in [5.41, 5.74) is 0.905. The zero-order valence-electron chi connectivity index (χ0n) is 12.9. The first-order chi connectivity index (χ1) is 11.6. The number of para-hydroxylation sites is 2. The molecule has 0 aromatic heterocycles. The molecule has 0 aliphatic carbocycles. The van der Waals surface area contributed by atoms with E-state index >= 15 is 0 Å². The summed E-state index contributed by atoms with van der Waals surface area (Å²) in [6, 6.07) is 12.8. The van der Waals surface area contributed by atoms with Gasteiger partial charge in [0.15, 0.2) is 11.5 Å². The van der Waals surface area contributed by atoms with E-state index in [2.05, 4.69) is 5.32 Å². The number of nitrogens with one attached hydrogen (secondary N) is 1. The van der Waals surface area contributed by atoms with Crippen LogP contribution in [0.1, 0.15) is 12.0 Å². The molecule has 1 amide bonds. The van der Waals surface area contributed by atoms with Crippen LogP contribution in [0.4, 0.5) is 0 Å². The Morgan fingerprint density at radius 1 is 1.17 bits per heavy atom. The fraction of sp³-hybridized carbons (Fsp3) is 0.278. The highest BCUT2D eigenvalue weighted by atomic mass is 35.5. The van der Waals surface area contributed by atoms with Crippen LogP contribution in [-0.2, 0) is 11.2 Å². The minimum absolute atomic E-state index is 0.0523. The third-order valence-electron chi connectivity index (χ3n) is 3.73. The third-order valence-corrected chi connectivity index (χ3v) is 4.32. The summed E-state index contributed by atoms with van der Waals surface area (Å²) < 4.78 is 11.4. The molecule has 1 atom stereocenters. The first-order valence-corrected chi connectivity index (χ1v) is 8.46. The summed E-state index contributed by atoms with van der Waals surface area (Å²) in [6.45, 7) is 0.821. The van der Waals surface area contributed by atoms with Crippen molar-refractivity contribution in [1.82, 2.24) is 5.32 Å². The summed E-state index contributed by atoms with van der Waals surface area (Å²) in [5, 5.41) is 4.04. The minimum atomic E-state index is -0.192. The normalized spacial score (nSPS) is 15.8. The number of aryl methyl sites for hydroxylation is 1. The Hall–Kier alpha value is -1.91. The maximum Gasteiger partial charge on any atom is 0.220 e. The van der Waals surface area contributed by atoms with Gasteiger partial charge >= 0.3 is 0 Å². The molecule has 0 saturated carbocycles. The van der Waals surface area contributed by atoms with Gasteiger partial charge in [0, 0.05) is 16.5 Å². The molecule has 0 radical (unpaired) electrons. The lowest BCUT2D eigenvalue weighted by atomic mass is 10.1. The average molecular weight is 366 g/mol. The number of carbonyl (C=O) groups is 1. The lowest BCUT2D eigenvalue weighted by Crippen LogP contribution is -2.40. The zero-order chi connectivity index (χ0) is 16.9. The molecule has 4 nitrogen and oxygen atoms in total. The number of benzene rings is 2. The van der Waals surface area contributed by atoms with E-state index in [0.29, 0.717) is 41.8 Å². The average Bonchev–Trinajstić information content (AvgIpc) is 2.59. The number of fused-ring (bicyclic) bond motifs is 1. The quantitative estimate of drug-likeness (QED) is 0.874. The van der Waals surface area contributed by atoms with E-state index in [1.807, 2.05) is 30.3 Å². The van der Waals surface area contributed by atoms with Gasteiger partial charge in [0.25, 0.3) is 0 Å². The SMILES string of the molecule is O=C(CCc1ccc(Cl)cc1Cl)NCC1COc2ccccc2O1. The lowest BCUT2D eigenvalue weighted by Gasteiger charge is -2.26. The largest absolute Gasteiger partial charge is 0.486 e. The van der Waals surface area contributed by atoms with Crippen LogP contribution in [0, 0.1) is 0 Å². The van der Waals surface area contributed by atoms with Crippen LogP contribution in [-0.4, -0.2) is 25.2 Å². The molecule has 2 aromatic rings. The van der Waals surface area contributed by atoms with Gasteiger partial charge in [0.2, 0.25) is 5.91 Å². The van der Waals surface area contributed by atoms with Crippen LogP contribution >= 0.6 is 23.2 Å². The van der Waals surface area contributed by atoms with Crippen LogP contribution in [0.3, 0.4) is 0 Å². The van der Waals surface area contributed by atoms with Gasteiger partial charge in [-0.05, 0) is 36.2 Å². The molecule has 126 valence electrons. The summed E-state index contributed by atoms with van der Waals surface area (Å²) >= 11 is 12.0. The van der Waals surface area contributed by atoms with E-state index in [4.69, 9.17) is 32.7 Å². The Bertz CT molecular complexity index is 736. The molecule has 0 saturated heterocycles. The predicted molar refractivity (Wildman–Crippen MR) is 94.1 cm³/mol. The summed E-state index contributed by atoms with van der Waals surface area (Å²) in [4.78, 5) is 12.0. The molecule has 24 heavy (non-hydrogen) atoms. The molecular formula is C18H17Cl2NO3. The van der Waals surface area contributed by atoms with E-state index in [9.17, 15) is 4.79 Å². The molecule has 1 heterocycles. The molecule has 0 fully saturated rings. The Morgan fingerprint density at radius 3 is 2.75 bits per heavy atom. The fourth-order valence-electron chi connectivity index (χ4n) is 2.45. The molecule has 1 unspecified atom stereocenters. The Labute approximate surface area is 150 Å². The van der Waals surface area contributed by atoms with Crippen LogP contribution in [0.5, 0.6) is 11.5 Å². The van der Waals surface area contributed by atoms with Crippen LogP contribution in [0.25, 0.3) is 0 Å². The number of ether oxygens (including phenoxy) is 2. The molecule has 0 spiro atoms. The predicted octanol–water partition coefficient (Wildman–Crippen LogP) is 3.88. The number of halogens is 2. The monoisotopic (exact) mass is 365 g/mol. The van der Waals surface area contributed by atoms with Crippen LogP contribution in [0.2, 0.25) is 10.0 Å². The minimum Gasteiger partial charge on any atom is -0.486 e. The topological polar surface area (TPSA) is 47.6 Å². The van der Waals surface area contributed by atoms with Crippen LogP contribution in [0.15, 0.2) is 42.5 Å². The fourth-order valence-corrected chi connectivity index (χ4v) is 2.96. The molecule has 1 aliphatic rings. The van der Waals surface area contributed by atoms with Crippen molar-refractivity contribution in [3.8, 4) is 11.5 Å². The van der Waals surface area contributed by atoms with Crippen molar-refractivity contribution in [3.05, 3.63) is 58.1 Å². The Morgan fingerprint density at radius 2 is 1.96 bits per heavy atom. The molecule has 1 aliphatic heterocycles. The van der Waals surface area contributed by atoms with Gasteiger partial charge in [0.1, 0.15) is 12.7 Å². The van der Waals surface area contributed by atoms with E-state index in [1.165, 1.54) is 0 Å². The van der Waals surface area contributed by atoms with Crippen molar-refractivity contribution in [3.63, 3.8) is 0 Å². The molecule has 0 bridgehead atoms. The second-order valence-electron chi connectivity index (χ2n) is 5.54. The van der Waals surface area contributed by atoms with E-state index in [-0.39, 0.29) is 12.0 Å². The molecular weight excluding hydrogens is 349 g/mol. The highest BCUT2D eigenvalue weighted by Gasteiger charge is 2.20. The molecule has 6 heteroatoms. The number of amides is 1. The lowest BCUT2D eigenvalue weighted by molar-refractivity contribution is -0.121. The van der Waals surface area contributed by atoms with Gasteiger partial charge < -0.3 is 14.8 Å². The van der Waals surface area contributed by atoms with Gasteiger partial charge in [0.05, 0.1) is 6.54 Å². The second-order valence-corrected chi connectivity index (χ2v) is 6.38. The van der Waals surface area contributed by atoms with Crippen molar-refractivity contribution in [1.29, 1.82) is 0 Å². The maximum atomic E-state index is 12.0. The summed E-state index contributed by atoms with van der Waals surface area (Å²) in [6.07, 6.45) is 0.723. The van der Waals surface area contributed by atoms with E-state index in [1.54, 1.807) is 12.1 Å². The Kier molecular flexibility index (Phi) is 5.48. The highest BCUT2D eigenvalue weighted by Crippen LogP contribution is 2.30. The third kappa shape index (κ3) is 4.34. The number of rotatable bonds is 5. The number of carbonyl (C=O) groups excluding carboxylic acids is 1. The van der Waals surface area contributed by atoms with E-state index < -0.39 is 0 Å². The molecule has 2 aromatic carbocycles. The summed E-state index contributed by atoms with van der Waals surface area (Å²) in [7, 11) is 0. The zero-order valence-corrected chi connectivity index (χ0v) is 14.4. The van der Waals surface area contributed by atoms with Gasteiger partial charge in [-0.1, -0.05) is 41.4 Å². The first kappa shape index (κ1) is 16.9. The van der Waals surface area contributed by atoms with Crippen molar-refractivity contribution < 1.29 is 14.3 Å². The van der Waals surface area contributed by atoms with Gasteiger partial charge in [-0.2, -0.15) is 0 Å². The van der Waals surface area contributed by atoms with Crippen molar-refractivity contribution in [2.24, 2.45) is 0 Å². The number of hydrogen-bond donors (Lipinski definition) is 1. The molecule has 3 rings (SSSR count).